The molecule has 5 nitrogen and oxygen atoms in total. The molecule has 120 valence electrons. The van der Waals surface area contributed by atoms with Crippen molar-refractivity contribution in [3.8, 4) is 5.75 Å². The number of carboxylic acids is 1. The molecule has 1 aromatic carbocycles. The van der Waals surface area contributed by atoms with Crippen LogP contribution < -0.4 is 10.1 Å². The van der Waals surface area contributed by atoms with Gasteiger partial charge in [0.2, 0.25) is 5.91 Å². The lowest BCUT2D eigenvalue weighted by Crippen LogP contribution is -2.44. The zero-order valence-electron chi connectivity index (χ0n) is 13.0. The molecule has 1 aromatic rings. The van der Waals surface area contributed by atoms with E-state index < -0.39 is 11.9 Å². The van der Waals surface area contributed by atoms with Crippen LogP contribution in [0.15, 0.2) is 24.3 Å². The summed E-state index contributed by atoms with van der Waals surface area (Å²) in [5, 5.41) is 11.7. The molecule has 2 atom stereocenters. The number of carbonyl (C=O) groups excluding carboxylic acids is 1. The monoisotopic (exact) mass is 305 g/mol. The predicted octanol–water partition coefficient (Wildman–Crippen LogP) is 2.42. The average molecular weight is 305 g/mol. The fraction of sp³-hybridized carbons (Fsp3) is 0.529. The van der Waals surface area contributed by atoms with Gasteiger partial charge in [0.25, 0.3) is 0 Å². The third-order valence-corrected chi connectivity index (χ3v) is 4.13. The molecule has 0 aliphatic heterocycles. The van der Waals surface area contributed by atoms with Gasteiger partial charge in [-0.2, -0.15) is 0 Å². The van der Waals surface area contributed by atoms with E-state index in [2.05, 4.69) is 19.2 Å². The van der Waals surface area contributed by atoms with Crippen LogP contribution in [0, 0.1) is 11.8 Å². The molecule has 1 amide bonds. The maximum Gasteiger partial charge on any atom is 0.307 e. The first-order valence-corrected chi connectivity index (χ1v) is 7.73. The van der Waals surface area contributed by atoms with Crippen molar-refractivity contribution < 1.29 is 19.4 Å². The average Bonchev–Trinajstić information content (AvgIpc) is 2.42. The number of nitrogens with one attached hydrogen (secondary N) is 1. The number of ether oxygens (including phenoxy) is 1. The van der Waals surface area contributed by atoms with Crippen LogP contribution in [-0.4, -0.2) is 30.1 Å². The zero-order chi connectivity index (χ0) is 16.1. The molecule has 1 fully saturated rings. The third kappa shape index (κ3) is 3.78. The first kappa shape index (κ1) is 16.3. The van der Waals surface area contributed by atoms with Crippen molar-refractivity contribution in [2.24, 2.45) is 11.8 Å². The molecule has 5 heteroatoms. The number of carbonyl (C=O) groups is 2. The summed E-state index contributed by atoms with van der Waals surface area (Å²) in [5.74, 6) is -0.771. The topological polar surface area (TPSA) is 75.6 Å². The van der Waals surface area contributed by atoms with E-state index in [1.165, 1.54) is 0 Å². The van der Waals surface area contributed by atoms with Crippen LogP contribution in [0.4, 0.5) is 0 Å². The van der Waals surface area contributed by atoms with Crippen LogP contribution in [0.25, 0.3) is 0 Å². The van der Waals surface area contributed by atoms with Gasteiger partial charge in [-0.25, -0.2) is 0 Å². The molecule has 0 saturated heterocycles. The van der Waals surface area contributed by atoms with E-state index in [0.717, 1.165) is 11.3 Å². The first-order valence-electron chi connectivity index (χ1n) is 7.73. The Balaban J connectivity index is 1.76. The molecule has 2 N–H and O–H groups in total. The van der Waals surface area contributed by atoms with Crippen LogP contribution in [0.5, 0.6) is 5.75 Å². The number of para-hydroxylation sites is 1. The van der Waals surface area contributed by atoms with Crippen LogP contribution >= 0.6 is 0 Å². The van der Waals surface area contributed by atoms with Crippen LogP contribution in [0.1, 0.15) is 38.2 Å². The summed E-state index contributed by atoms with van der Waals surface area (Å²) in [6, 6.07) is 7.85. The van der Waals surface area contributed by atoms with Crippen molar-refractivity contribution in [1.29, 1.82) is 0 Å². The standard InChI is InChI=1S/C17H23NO4/c1-11(2)12-5-3-4-6-15(12)22-10-9-18-16(19)13-7-8-14(13)17(20)21/h3-6,11,13-14H,7-10H2,1-2H3,(H,18,19)(H,20,21). The Bertz CT molecular complexity index is 541. The number of hydrogen-bond donors (Lipinski definition) is 2. The summed E-state index contributed by atoms with van der Waals surface area (Å²) in [6.45, 7) is 4.97. The van der Waals surface area contributed by atoms with Gasteiger partial charge in [-0.15, -0.1) is 0 Å². The summed E-state index contributed by atoms with van der Waals surface area (Å²) < 4.78 is 5.72. The van der Waals surface area contributed by atoms with E-state index in [9.17, 15) is 9.59 Å². The lowest BCUT2D eigenvalue weighted by Gasteiger charge is -2.31. The highest BCUT2D eigenvalue weighted by atomic mass is 16.5. The Morgan fingerprint density at radius 3 is 2.55 bits per heavy atom. The Hall–Kier alpha value is -2.04. The highest BCUT2D eigenvalue weighted by Crippen LogP contribution is 2.34. The summed E-state index contributed by atoms with van der Waals surface area (Å²) in [5.41, 5.74) is 1.14. The maximum absolute atomic E-state index is 11.9. The van der Waals surface area contributed by atoms with E-state index >= 15 is 0 Å². The number of benzene rings is 1. The van der Waals surface area contributed by atoms with Crippen molar-refractivity contribution in [3.63, 3.8) is 0 Å². The summed E-state index contributed by atoms with van der Waals surface area (Å²) in [4.78, 5) is 22.8. The molecule has 0 spiro atoms. The van der Waals surface area contributed by atoms with Gasteiger partial charge in [-0.3, -0.25) is 9.59 Å². The highest BCUT2D eigenvalue weighted by Gasteiger charge is 2.41. The second kappa shape index (κ2) is 7.29. The normalized spacial score (nSPS) is 20.3. The van der Waals surface area contributed by atoms with E-state index in [1.807, 2.05) is 24.3 Å². The lowest BCUT2D eigenvalue weighted by molar-refractivity contribution is -0.152. The second-order valence-electron chi connectivity index (χ2n) is 5.96. The SMILES string of the molecule is CC(C)c1ccccc1OCCNC(=O)C1CCC1C(=O)O. The Morgan fingerprint density at radius 2 is 1.95 bits per heavy atom. The van der Waals surface area contributed by atoms with Gasteiger partial charge in [-0.1, -0.05) is 32.0 Å². The molecule has 2 rings (SSSR count). The molecule has 0 bridgehead atoms. The molecule has 1 aliphatic rings. The fourth-order valence-corrected chi connectivity index (χ4v) is 2.66. The van der Waals surface area contributed by atoms with Crippen molar-refractivity contribution in [2.75, 3.05) is 13.2 Å². The van der Waals surface area contributed by atoms with Gasteiger partial charge >= 0.3 is 5.97 Å². The lowest BCUT2D eigenvalue weighted by atomic mass is 9.73. The van der Waals surface area contributed by atoms with Gasteiger partial charge in [0.1, 0.15) is 12.4 Å². The molecule has 1 saturated carbocycles. The van der Waals surface area contributed by atoms with Crippen molar-refractivity contribution >= 4 is 11.9 Å². The highest BCUT2D eigenvalue weighted by molar-refractivity contribution is 5.86. The Kier molecular flexibility index (Phi) is 5.41. The number of carboxylic acid groups (broad SMARTS) is 1. The van der Waals surface area contributed by atoms with Gasteiger partial charge in [-0.05, 0) is 30.4 Å². The number of rotatable bonds is 7. The molecule has 0 aromatic heterocycles. The molecule has 1 aliphatic carbocycles. The van der Waals surface area contributed by atoms with Crippen LogP contribution in [0.2, 0.25) is 0 Å². The number of aliphatic carboxylic acids is 1. The summed E-state index contributed by atoms with van der Waals surface area (Å²) in [7, 11) is 0. The van der Waals surface area contributed by atoms with Crippen molar-refractivity contribution in [1.82, 2.24) is 5.32 Å². The van der Waals surface area contributed by atoms with Gasteiger partial charge in [0.05, 0.1) is 18.4 Å². The quantitative estimate of drug-likeness (QED) is 0.759. The minimum Gasteiger partial charge on any atom is -0.491 e. The smallest absolute Gasteiger partial charge is 0.307 e. The third-order valence-electron chi connectivity index (χ3n) is 4.13. The van der Waals surface area contributed by atoms with Crippen LogP contribution in [-0.2, 0) is 9.59 Å². The van der Waals surface area contributed by atoms with E-state index in [1.54, 1.807) is 0 Å². The minimum atomic E-state index is -0.881. The first-order chi connectivity index (χ1) is 10.5. The second-order valence-corrected chi connectivity index (χ2v) is 5.96. The van der Waals surface area contributed by atoms with Crippen molar-refractivity contribution in [3.05, 3.63) is 29.8 Å². The van der Waals surface area contributed by atoms with E-state index in [0.29, 0.717) is 31.9 Å². The maximum atomic E-state index is 11.9. The molecule has 0 heterocycles. The molecule has 0 radical (unpaired) electrons. The predicted molar refractivity (Wildman–Crippen MR) is 82.9 cm³/mol. The molecular formula is C17H23NO4. The molecule has 22 heavy (non-hydrogen) atoms. The Labute approximate surface area is 130 Å². The summed E-state index contributed by atoms with van der Waals surface area (Å²) in [6.07, 6.45) is 1.24. The largest absolute Gasteiger partial charge is 0.491 e. The van der Waals surface area contributed by atoms with Crippen molar-refractivity contribution in [2.45, 2.75) is 32.6 Å². The van der Waals surface area contributed by atoms with Gasteiger partial charge < -0.3 is 15.2 Å². The molecular weight excluding hydrogens is 282 g/mol. The van der Waals surface area contributed by atoms with E-state index in [4.69, 9.17) is 9.84 Å². The summed E-state index contributed by atoms with van der Waals surface area (Å²) >= 11 is 0. The number of amides is 1. The van der Waals surface area contributed by atoms with Crippen LogP contribution in [0.3, 0.4) is 0 Å². The van der Waals surface area contributed by atoms with E-state index in [-0.39, 0.29) is 11.8 Å². The van der Waals surface area contributed by atoms with Gasteiger partial charge in [0.15, 0.2) is 0 Å². The molecule has 2 unspecified atom stereocenters. The van der Waals surface area contributed by atoms with Gasteiger partial charge in [0, 0.05) is 0 Å². The Morgan fingerprint density at radius 1 is 1.27 bits per heavy atom. The number of hydrogen-bond acceptors (Lipinski definition) is 3. The fourth-order valence-electron chi connectivity index (χ4n) is 2.66. The zero-order valence-corrected chi connectivity index (χ0v) is 13.0. The minimum absolute atomic E-state index is 0.181.